The molecule has 2 aromatic rings. The standard InChI is InChI=1S/C24H32N2O/c1-4-22(24(27)25-23-11-10-18(2)16-19(23)3)21-12-14-26(15-13-21)17-20-8-6-5-7-9-20/h5-11,16,21-22H,4,12-15,17H2,1-3H3,(H,25,27). The fraction of sp³-hybridized carbons (Fsp3) is 0.458. The molecule has 2 aromatic carbocycles. The van der Waals surface area contributed by atoms with Gasteiger partial charge >= 0.3 is 0 Å². The molecule has 3 heteroatoms. The van der Waals surface area contributed by atoms with Crippen LogP contribution in [-0.4, -0.2) is 23.9 Å². The molecule has 3 nitrogen and oxygen atoms in total. The first-order valence-corrected chi connectivity index (χ1v) is 10.2. The van der Waals surface area contributed by atoms with Crippen LogP contribution in [-0.2, 0) is 11.3 Å². The SMILES string of the molecule is CCC(C(=O)Nc1ccc(C)cc1C)C1CCN(Cc2ccccc2)CC1. The number of nitrogens with zero attached hydrogens (tertiary/aromatic N) is 1. The highest BCUT2D eigenvalue weighted by atomic mass is 16.1. The minimum Gasteiger partial charge on any atom is -0.326 e. The predicted molar refractivity (Wildman–Crippen MR) is 113 cm³/mol. The molecule has 144 valence electrons. The lowest BCUT2D eigenvalue weighted by Crippen LogP contribution is -2.39. The summed E-state index contributed by atoms with van der Waals surface area (Å²) in [6.45, 7) is 9.45. The summed E-state index contributed by atoms with van der Waals surface area (Å²) in [6.07, 6.45) is 3.11. The number of nitrogens with one attached hydrogen (secondary N) is 1. The lowest BCUT2D eigenvalue weighted by Gasteiger charge is -2.35. The minimum atomic E-state index is 0.101. The largest absolute Gasteiger partial charge is 0.326 e. The van der Waals surface area contributed by atoms with Crippen molar-refractivity contribution < 1.29 is 4.79 Å². The summed E-state index contributed by atoms with van der Waals surface area (Å²) in [5.74, 6) is 0.767. The smallest absolute Gasteiger partial charge is 0.227 e. The van der Waals surface area contributed by atoms with Gasteiger partial charge in [-0.25, -0.2) is 0 Å². The van der Waals surface area contributed by atoms with Crippen molar-refractivity contribution in [2.75, 3.05) is 18.4 Å². The van der Waals surface area contributed by atoms with Gasteiger partial charge in [-0.05, 0) is 69.3 Å². The van der Waals surface area contributed by atoms with Crippen molar-refractivity contribution in [1.82, 2.24) is 4.90 Å². The fourth-order valence-corrected chi connectivity index (χ4v) is 4.27. The van der Waals surface area contributed by atoms with E-state index in [1.54, 1.807) is 0 Å². The molecule has 0 bridgehead atoms. The second-order valence-corrected chi connectivity index (χ2v) is 7.92. The van der Waals surface area contributed by atoms with Crippen molar-refractivity contribution in [3.05, 3.63) is 65.2 Å². The molecule has 27 heavy (non-hydrogen) atoms. The quantitative estimate of drug-likeness (QED) is 0.766. The summed E-state index contributed by atoms with van der Waals surface area (Å²) >= 11 is 0. The first kappa shape index (κ1) is 19.6. The zero-order chi connectivity index (χ0) is 19.2. The number of piperidine rings is 1. The van der Waals surface area contributed by atoms with E-state index < -0.39 is 0 Å². The molecule has 1 amide bonds. The number of rotatable bonds is 6. The van der Waals surface area contributed by atoms with E-state index in [0.29, 0.717) is 5.92 Å². The molecule has 0 aliphatic carbocycles. The third-order valence-electron chi connectivity index (χ3n) is 5.87. The Bertz CT molecular complexity index is 748. The van der Waals surface area contributed by atoms with Gasteiger partial charge in [0.15, 0.2) is 0 Å². The molecular weight excluding hydrogens is 332 g/mol. The van der Waals surface area contributed by atoms with Crippen LogP contribution in [0.1, 0.15) is 42.9 Å². The highest BCUT2D eigenvalue weighted by Crippen LogP contribution is 2.29. The highest BCUT2D eigenvalue weighted by Gasteiger charge is 2.30. The number of benzene rings is 2. The second-order valence-electron chi connectivity index (χ2n) is 7.92. The average molecular weight is 365 g/mol. The number of hydrogen-bond acceptors (Lipinski definition) is 2. The van der Waals surface area contributed by atoms with Crippen LogP contribution in [0, 0.1) is 25.7 Å². The van der Waals surface area contributed by atoms with Crippen LogP contribution in [0.5, 0.6) is 0 Å². The molecule has 1 fully saturated rings. The van der Waals surface area contributed by atoms with Crippen LogP contribution >= 0.6 is 0 Å². The number of carbonyl (C=O) groups is 1. The maximum atomic E-state index is 12.9. The Balaban J connectivity index is 1.55. The summed E-state index contributed by atoms with van der Waals surface area (Å²) in [5, 5.41) is 3.18. The van der Waals surface area contributed by atoms with Crippen molar-refractivity contribution in [3.8, 4) is 0 Å². The summed E-state index contributed by atoms with van der Waals surface area (Å²) in [5.41, 5.74) is 4.68. The van der Waals surface area contributed by atoms with E-state index in [1.165, 1.54) is 11.1 Å². The Hall–Kier alpha value is -2.13. The molecule has 1 aliphatic rings. The summed E-state index contributed by atoms with van der Waals surface area (Å²) in [6, 6.07) is 16.9. The molecular formula is C24H32N2O. The Morgan fingerprint density at radius 1 is 1.11 bits per heavy atom. The molecule has 0 spiro atoms. The monoisotopic (exact) mass is 364 g/mol. The van der Waals surface area contributed by atoms with Gasteiger partial charge in [0.2, 0.25) is 5.91 Å². The number of carbonyl (C=O) groups excluding carboxylic acids is 1. The van der Waals surface area contributed by atoms with Crippen LogP contribution in [0.3, 0.4) is 0 Å². The van der Waals surface area contributed by atoms with Crippen molar-refractivity contribution in [3.63, 3.8) is 0 Å². The third kappa shape index (κ3) is 5.20. The summed E-state index contributed by atoms with van der Waals surface area (Å²) < 4.78 is 0. The van der Waals surface area contributed by atoms with Crippen molar-refractivity contribution in [2.45, 2.75) is 46.6 Å². The van der Waals surface area contributed by atoms with Crippen molar-refractivity contribution >= 4 is 11.6 Å². The lowest BCUT2D eigenvalue weighted by atomic mass is 9.82. The number of likely N-dealkylation sites (tertiary alicyclic amines) is 1. The Morgan fingerprint density at radius 3 is 2.44 bits per heavy atom. The highest BCUT2D eigenvalue weighted by molar-refractivity contribution is 5.93. The van der Waals surface area contributed by atoms with Gasteiger partial charge in [0.25, 0.3) is 0 Å². The Kier molecular flexibility index (Phi) is 6.68. The first-order chi connectivity index (χ1) is 13.1. The average Bonchev–Trinajstić information content (AvgIpc) is 2.67. The van der Waals surface area contributed by atoms with Gasteiger partial charge in [0.05, 0.1) is 0 Å². The predicted octanol–water partition coefficient (Wildman–Crippen LogP) is 5.18. The topological polar surface area (TPSA) is 32.3 Å². The lowest BCUT2D eigenvalue weighted by molar-refractivity contribution is -0.122. The van der Waals surface area contributed by atoms with Crippen LogP contribution in [0.4, 0.5) is 5.69 Å². The van der Waals surface area contributed by atoms with E-state index in [-0.39, 0.29) is 11.8 Å². The van der Waals surface area contributed by atoms with E-state index in [2.05, 4.69) is 73.5 Å². The van der Waals surface area contributed by atoms with Gasteiger partial charge < -0.3 is 5.32 Å². The normalized spacial score (nSPS) is 16.9. The number of hydrogen-bond donors (Lipinski definition) is 1. The van der Waals surface area contributed by atoms with Crippen LogP contribution in [0.25, 0.3) is 0 Å². The van der Waals surface area contributed by atoms with E-state index in [0.717, 1.165) is 50.1 Å². The molecule has 1 aliphatic heterocycles. The molecule has 1 N–H and O–H groups in total. The fourth-order valence-electron chi connectivity index (χ4n) is 4.27. The van der Waals surface area contributed by atoms with Gasteiger partial charge in [-0.15, -0.1) is 0 Å². The van der Waals surface area contributed by atoms with E-state index >= 15 is 0 Å². The van der Waals surface area contributed by atoms with Gasteiger partial charge in [0.1, 0.15) is 0 Å². The van der Waals surface area contributed by atoms with Gasteiger partial charge in [-0.1, -0.05) is 55.0 Å². The second kappa shape index (κ2) is 9.18. The summed E-state index contributed by atoms with van der Waals surface area (Å²) in [4.78, 5) is 15.4. The number of aryl methyl sites for hydroxylation is 2. The Morgan fingerprint density at radius 2 is 1.81 bits per heavy atom. The van der Waals surface area contributed by atoms with Crippen LogP contribution < -0.4 is 5.32 Å². The molecule has 3 rings (SSSR count). The van der Waals surface area contributed by atoms with Crippen molar-refractivity contribution in [1.29, 1.82) is 0 Å². The molecule has 1 heterocycles. The Labute approximate surface area is 163 Å². The maximum absolute atomic E-state index is 12.9. The minimum absolute atomic E-state index is 0.101. The van der Waals surface area contributed by atoms with Gasteiger partial charge in [0, 0.05) is 18.2 Å². The molecule has 0 aromatic heterocycles. The molecule has 1 atom stereocenters. The zero-order valence-electron chi connectivity index (χ0n) is 16.9. The number of anilines is 1. The summed E-state index contributed by atoms with van der Waals surface area (Å²) in [7, 11) is 0. The van der Waals surface area contributed by atoms with Gasteiger partial charge in [-0.3, -0.25) is 9.69 Å². The van der Waals surface area contributed by atoms with Crippen molar-refractivity contribution in [2.24, 2.45) is 11.8 Å². The number of amides is 1. The van der Waals surface area contributed by atoms with E-state index in [9.17, 15) is 4.79 Å². The zero-order valence-corrected chi connectivity index (χ0v) is 16.9. The van der Waals surface area contributed by atoms with Crippen LogP contribution in [0.15, 0.2) is 48.5 Å². The van der Waals surface area contributed by atoms with E-state index in [4.69, 9.17) is 0 Å². The molecule has 1 saturated heterocycles. The third-order valence-corrected chi connectivity index (χ3v) is 5.87. The maximum Gasteiger partial charge on any atom is 0.227 e. The molecule has 0 saturated carbocycles. The molecule has 1 unspecified atom stereocenters. The first-order valence-electron chi connectivity index (χ1n) is 10.2. The van der Waals surface area contributed by atoms with Gasteiger partial charge in [-0.2, -0.15) is 0 Å². The van der Waals surface area contributed by atoms with Crippen LogP contribution in [0.2, 0.25) is 0 Å². The molecule has 0 radical (unpaired) electrons. The van der Waals surface area contributed by atoms with E-state index in [1.807, 2.05) is 6.07 Å².